The number of nitrogens with two attached hydrogens (primary N) is 1. The summed E-state index contributed by atoms with van der Waals surface area (Å²) in [4.78, 5) is -0.493. The van der Waals surface area contributed by atoms with Crippen LogP contribution in [0.4, 0.5) is 10.1 Å². The number of halogens is 2. The molecule has 0 bridgehead atoms. The maximum absolute atomic E-state index is 13.9. The van der Waals surface area contributed by atoms with Crippen molar-refractivity contribution in [3.63, 3.8) is 0 Å². The smallest absolute Gasteiger partial charge is 0.243 e. The van der Waals surface area contributed by atoms with E-state index in [1.165, 1.54) is 6.07 Å². The van der Waals surface area contributed by atoms with E-state index in [1.807, 2.05) is 0 Å². The minimum Gasteiger partial charge on any atom is -0.399 e. The van der Waals surface area contributed by atoms with Gasteiger partial charge in [-0.3, -0.25) is 0 Å². The van der Waals surface area contributed by atoms with Gasteiger partial charge in [0.1, 0.15) is 4.90 Å². The van der Waals surface area contributed by atoms with Gasteiger partial charge in [-0.2, -0.15) is 0 Å². The Morgan fingerprint density at radius 2 is 2.00 bits per heavy atom. The molecule has 1 aliphatic rings. The minimum absolute atomic E-state index is 0.116. The average Bonchev–Trinajstić information content (AvgIpc) is 2.86. The molecule has 0 saturated heterocycles. The molecule has 4 nitrogen and oxygen atoms in total. The largest absolute Gasteiger partial charge is 0.399 e. The molecular formula is C13H18ClFN2O2S. The SMILES string of the molecule is CC(NS(=O)(=O)c1cc(N)cc(Cl)c1F)C1CCCC1. The first-order chi connectivity index (χ1) is 9.31. The van der Waals surface area contributed by atoms with E-state index in [0.29, 0.717) is 5.92 Å². The van der Waals surface area contributed by atoms with Crippen LogP contribution in [0.25, 0.3) is 0 Å². The van der Waals surface area contributed by atoms with Gasteiger partial charge in [0.2, 0.25) is 10.0 Å². The lowest BCUT2D eigenvalue weighted by molar-refractivity contribution is 0.423. The minimum atomic E-state index is -3.96. The van der Waals surface area contributed by atoms with E-state index in [1.54, 1.807) is 6.92 Å². The van der Waals surface area contributed by atoms with Gasteiger partial charge < -0.3 is 5.73 Å². The monoisotopic (exact) mass is 320 g/mol. The molecule has 1 aromatic carbocycles. The predicted octanol–water partition coefficient (Wildman–Crippen LogP) is 2.92. The van der Waals surface area contributed by atoms with Gasteiger partial charge in [-0.1, -0.05) is 24.4 Å². The number of benzene rings is 1. The predicted molar refractivity (Wildman–Crippen MR) is 77.6 cm³/mol. The number of hydrogen-bond acceptors (Lipinski definition) is 3. The van der Waals surface area contributed by atoms with E-state index < -0.39 is 20.7 Å². The Morgan fingerprint density at radius 3 is 2.60 bits per heavy atom. The van der Waals surface area contributed by atoms with Crippen LogP contribution in [0.2, 0.25) is 5.02 Å². The van der Waals surface area contributed by atoms with Crippen molar-refractivity contribution in [2.24, 2.45) is 5.92 Å². The van der Waals surface area contributed by atoms with E-state index in [9.17, 15) is 12.8 Å². The number of sulfonamides is 1. The van der Waals surface area contributed by atoms with Crippen LogP contribution < -0.4 is 10.5 Å². The molecule has 112 valence electrons. The molecular weight excluding hydrogens is 303 g/mol. The summed E-state index contributed by atoms with van der Waals surface area (Å²) in [5.41, 5.74) is 5.65. The Hall–Kier alpha value is -0.850. The molecule has 7 heteroatoms. The van der Waals surface area contributed by atoms with Gasteiger partial charge in [-0.25, -0.2) is 17.5 Å². The topological polar surface area (TPSA) is 72.2 Å². The first kappa shape index (κ1) is 15.5. The fourth-order valence-electron chi connectivity index (χ4n) is 2.64. The van der Waals surface area contributed by atoms with Crippen molar-refractivity contribution in [2.75, 3.05) is 5.73 Å². The molecule has 20 heavy (non-hydrogen) atoms. The third-order valence-corrected chi connectivity index (χ3v) is 5.59. The normalized spacial score (nSPS) is 18.4. The molecule has 0 aliphatic heterocycles. The van der Waals surface area contributed by atoms with Crippen molar-refractivity contribution in [1.82, 2.24) is 4.72 Å². The highest BCUT2D eigenvalue weighted by atomic mass is 35.5. The second-order valence-corrected chi connectivity index (χ2v) is 7.36. The molecule has 1 fully saturated rings. The van der Waals surface area contributed by atoms with Crippen LogP contribution >= 0.6 is 11.6 Å². The van der Waals surface area contributed by atoms with Gasteiger partial charge in [0, 0.05) is 11.7 Å². The van der Waals surface area contributed by atoms with Gasteiger partial charge in [-0.15, -0.1) is 0 Å². The van der Waals surface area contributed by atoms with Crippen LogP contribution in [0.5, 0.6) is 0 Å². The maximum atomic E-state index is 13.9. The van der Waals surface area contributed by atoms with Crippen molar-refractivity contribution in [3.05, 3.63) is 23.0 Å². The van der Waals surface area contributed by atoms with Gasteiger partial charge in [0.25, 0.3) is 0 Å². The Bertz CT molecular complexity index is 601. The van der Waals surface area contributed by atoms with Crippen LogP contribution in [-0.2, 0) is 10.0 Å². The highest BCUT2D eigenvalue weighted by molar-refractivity contribution is 7.89. The maximum Gasteiger partial charge on any atom is 0.243 e. The summed E-state index contributed by atoms with van der Waals surface area (Å²) >= 11 is 5.64. The molecule has 0 spiro atoms. The molecule has 0 heterocycles. The van der Waals surface area contributed by atoms with Crippen LogP contribution in [0.3, 0.4) is 0 Å². The lowest BCUT2D eigenvalue weighted by atomic mass is 10.0. The molecule has 3 N–H and O–H groups in total. The van der Waals surface area contributed by atoms with Gasteiger partial charge in [0.05, 0.1) is 5.02 Å². The van der Waals surface area contributed by atoms with E-state index >= 15 is 0 Å². The third-order valence-electron chi connectivity index (χ3n) is 3.75. The summed E-state index contributed by atoms with van der Waals surface area (Å²) in [5, 5.41) is -0.293. The summed E-state index contributed by atoms with van der Waals surface area (Å²) < 4.78 is 40.9. The van der Waals surface area contributed by atoms with Gasteiger partial charge in [0.15, 0.2) is 5.82 Å². The van der Waals surface area contributed by atoms with Crippen LogP contribution in [-0.4, -0.2) is 14.5 Å². The molecule has 0 aromatic heterocycles. The average molecular weight is 321 g/mol. The Balaban J connectivity index is 2.26. The van der Waals surface area contributed by atoms with Crippen molar-refractivity contribution >= 4 is 27.3 Å². The van der Waals surface area contributed by atoms with Crippen LogP contribution in [0.1, 0.15) is 32.6 Å². The summed E-state index contributed by atoms with van der Waals surface area (Å²) in [6.45, 7) is 1.80. The first-order valence-corrected chi connectivity index (χ1v) is 8.44. The van der Waals surface area contributed by atoms with E-state index in [0.717, 1.165) is 31.7 Å². The van der Waals surface area contributed by atoms with Crippen LogP contribution in [0, 0.1) is 11.7 Å². The third kappa shape index (κ3) is 3.24. The lowest BCUT2D eigenvalue weighted by Crippen LogP contribution is -2.37. The molecule has 1 atom stereocenters. The molecule has 0 radical (unpaired) electrons. The van der Waals surface area contributed by atoms with Crippen LogP contribution in [0.15, 0.2) is 17.0 Å². The fourth-order valence-corrected chi connectivity index (χ4v) is 4.37. The summed E-state index contributed by atoms with van der Waals surface area (Å²) in [7, 11) is -3.96. The second-order valence-electron chi connectivity index (χ2n) is 5.27. The van der Waals surface area contributed by atoms with Crippen molar-refractivity contribution in [3.8, 4) is 0 Å². The van der Waals surface area contributed by atoms with Gasteiger partial charge in [-0.05, 0) is 37.8 Å². The quantitative estimate of drug-likeness (QED) is 0.838. The highest BCUT2D eigenvalue weighted by Crippen LogP contribution is 2.30. The number of hydrogen-bond donors (Lipinski definition) is 2. The number of rotatable bonds is 4. The van der Waals surface area contributed by atoms with Crippen molar-refractivity contribution in [2.45, 2.75) is 43.5 Å². The van der Waals surface area contributed by atoms with Gasteiger partial charge >= 0.3 is 0 Å². The highest BCUT2D eigenvalue weighted by Gasteiger charge is 2.28. The Labute approximate surface area is 123 Å². The zero-order valence-electron chi connectivity index (χ0n) is 11.2. The summed E-state index contributed by atoms with van der Waals surface area (Å²) in [5.74, 6) is -0.670. The van der Waals surface area contributed by atoms with E-state index in [-0.39, 0.29) is 16.8 Å². The molecule has 0 amide bonds. The first-order valence-electron chi connectivity index (χ1n) is 6.58. The van der Waals surface area contributed by atoms with Crippen molar-refractivity contribution in [1.29, 1.82) is 0 Å². The van der Waals surface area contributed by atoms with Crippen molar-refractivity contribution < 1.29 is 12.8 Å². The summed E-state index contributed by atoms with van der Waals surface area (Å²) in [6, 6.07) is 2.04. The van der Waals surface area contributed by atoms with E-state index in [4.69, 9.17) is 17.3 Å². The zero-order valence-corrected chi connectivity index (χ0v) is 12.8. The lowest BCUT2D eigenvalue weighted by Gasteiger charge is -2.20. The number of anilines is 1. The van der Waals surface area contributed by atoms with E-state index in [2.05, 4.69) is 4.72 Å². The number of nitrogen functional groups attached to an aromatic ring is 1. The molecule has 1 saturated carbocycles. The summed E-state index contributed by atoms with van der Waals surface area (Å²) in [6.07, 6.45) is 4.19. The zero-order chi connectivity index (χ0) is 14.9. The number of nitrogens with one attached hydrogen (secondary N) is 1. The molecule has 1 aliphatic carbocycles. The molecule has 2 rings (SSSR count). The standard InChI is InChI=1S/C13H18ClFN2O2S/c1-8(9-4-2-3-5-9)17-20(18,19)12-7-10(16)6-11(14)13(12)15/h6-9,17H,2-5,16H2,1H3. The fraction of sp³-hybridized carbons (Fsp3) is 0.538. The Kier molecular flexibility index (Phi) is 4.56. The molecule has 1 aromatic rings. The second kappa shape index (κ2) is 5.87. The Morgan fingerprint density at radius 1 is 1.40 bits per heavy atom. The molecule has 1 unspecified atom stereocenters.